The molecule has 3 aromatic rings. The molecule has 0 saturated carbocycles. The number of nitrogens with zero attached hydrogens (tertiary/aromatic N) is 4. The fourth-order valence-corrected chi connectivity index (χ4v) is 3.62. The largest absolute Gasteiger partial charge is 0.380 e. The lowest BCUT2D eigenvalue weighted by Crippen LogP contribution is -2.13. The molecule has 1 N–H and O–H groups in total. The molecule has 0 aliphatic heterocycles. The van der Waals surface area contributed by atoms with Crippen molar-refractivity contribution in [2.45, 2.75) is 15.9 Å². The highest BCUT2D eigenvalue weighted by molar-refractivity contribution is 7.99. The van der Waals surface area contributed by atoms with Crippen LogP contribution < -0.4 is 0 Å². The molecule has 0 radical (unpaired) electrons. The number of benzene rings is 3. The molecule has 0 saturated heterocycles. The molecule has 3 aromatic carbocycles. The van der Waals surface area contributed by atoms with Gasteiger partial charge in [0, 0.05) is 43.6 Å². The Morgan fingerprint density at radius 1 is 1.10 bits per heavy atom. The maximum absolute atomic E-state index is 12.7. The van der Waals surface area contributed by atoms with Crippen LogP contribution in [0.25, 0.3) is 10.4 Å². The highest BCUT2D eigenvalue weighted by Crippen LogP contribution is 2.37. The second-order valence-electron chi connectivity index (χ2n) is 5.90. The summed E-state index contributed by atoms with van der Waals surface area (Å²) in [6.45, 7) is 0. The molecule has 0 bridgehead atoms. The van der Waals surface area contributed by atoms with Crippen LogP contribution in [-0.4, -0.2) is 15.8 Å². The first-order chi connectivity index (χ1) is 14.0. The number of ketones is 1. The molecule has 0 aliphatic rings. The molecule has 29 heavy (non-hydrogen) atoms. The normalized spacial score (nSPS) is 11.3. The maximum Gasteiger partial charge on any atom is 0.269 e. The van der Waals surface area contributed by atoms with E-state index >= 15 is 0 Å². The quantitative estimate of drug-likeness (QED) is 0.136. The van der Waals surface area contributed by atoms with Gasteiger partial charge in [0.1, 0.15) is 6.10 Å². The van der Waals surface area contributed by atoms with Crippen LogP contribution in [0.2, 0.25) is 0 Å². The minimum absolute atomic E-state index is 0.0447. The number of hydrogen-bond acceptors (Lipinski definition) is 6. The zero-order chi connectivity index (χ0) is 20.8. The summed E-state index contributed by atoms with van der Waals surface area (Å²) in [5, 5.41) is 25.1. The van der Waals surface area contributed by atoms with E-state index in [4.69, 9.17) is 5.53 Å². The van der Waals surface area contributed by atoms with Crippen molar-refractivity contribution in [2.24, 2.45) is 5.11 Å². The van der Waals surface area contributed by atoms with Crippen LogP contribution in [0, 0.1) is 10.1 Å². The fraction of sp³-hybridized carbons (Fsp3) is 0.0500. The maximum atomic E-state index is 12.7. The summed E-state index contributed by atoms with van der Waals surface area (Å²) in [7, 11) is 0. The molecule has 0 fully saturated rings. The number of aliphatic hydroxyl groups excluding tert-OH is 1. The van der Waals surface area contributed by atoms with E-state index in [0.717, 1.165) is 0 Å². The predicted molar refractivity (Wildman–Crippen MR) is 108 cm³/mol. The predicted octanol–water partition coefficient (Wildman–Crippen LogP) is 5.60. The molecule has 0 aromatic heterocycles. The molecular weight excluding hydrogens is 392 g/mol. The van der Waals surface area contributed by atoms with Gasteiger partial charge in [0.2, 0.25) is 0 Å². The number of carbonyl (C=O) groups is 1. The first-order valence-corrected chi connectivity index (χ1v) is 9.20. The number of azide groups is 1. The molecule has 1 unspecified atom stereocenters. The highest BCUT2D eigenvalue weighted by Gasteiger charge is 2.22. The Morgan fingerprint density at radius 3 is 2.41 bits per heavy atom. The van der Waals surface area contributed by atoms with Gasteiger partial charge in [-0.15, -0.1) is 0 Å². The first-order valence-electron chi connectivity index (χ1n) is 8.38. The molecule has 0 aliphatic carbocycles. The Kier molecular flexibility index (Phi) is 6.25. The lowest BCUT2D eigenvalue weighted by molar-refractivity contribution is -0.384. The van der Waals surface area contributed by atoms with Crippen molar-refractivity contribution >= 4 is 28.9 Å². The van der Waals surface area contributed by atoms with Crippen LogP contribution >= 0.6 is 11.8 Å². The average Bonchev–Trinajstić information content (AvgIpc) is 2.74. The number of hydrogen-bond donors (Lipinski definition) is 1. The Balaban J connectivity index is 1.97. The van der Waals surface area contributed by atoms with Crippen LogP contribution in [0.3, 0.4) is 0 Å². The van der Waals surface area contributed by atoms with Gasteiger partial charge in [0.15, 0.2) is 5.78 Å². The highest BCUT2D eigenvalue weighted by atomic mass is 32.2. The molecule has 9 heteroatoms. The Hall–Kier alpha value is -3.65. The molecule has 0 heterocycles. The van der Waals surface area contributed by atoms with Crippen molar-refractivity contribution in [3.05, 3.63) is 104 Å². The average molecular weight is 406 g/mol. The van der Waals surface area contributed by atoms with Crippen LogP contribution in [0.15, 0.2) is 87.7 Å². The van der Waals surface area contributed by atoms with E-state index in [1.165, 1.54) is 36.0 Å². The number of nitro groups is 1. The number of carbonyl (C=O) groups excluding carboxylic acids is 1. The third kappa shape index (κ3) is 4.80. The van der Waals surface area contributed by atoms with E-state index in [1.807, 2.05) is 0 Å². The molecule has 0 spiro atoms. The van der Waals surface area contributed by atoms with Gasteiger partial charge in [-0.05, 0) is 23.7 Å². The van der Waals surface area contributed by atoms with Crippen LogP contribution in [0.4, 0.5) is 11.4 Å². The number of aliphatic hydroxyl groups is 1. The van der Waals surface area contributed by atoms with Gasteiger partial charge in [0.05, 0.1) is 4.92 Å². The Bertz CT molecular complexity index is 1100. The van der Waals surface area contributed by atoms with E-state index in [1.54, 1.807) is 48.5 Å². The first kappa shape index (κ1) is 20.1. The standard InChI is InChI=1S/C20H14N4O4S/c21-23-22-14-6-11-17(20(26)19(25)13-4-2-1-3-5-13)18(12-14)29-16-9-7-15(8-10-16)24(27)28/h1-12,20,26H. The number of Topliss-reactive ketones (excluding diaryl/α,β-unsaturated/α-hetero) is 1. The van der Waals surface area contributed by atoms with Crippen LogP contribution in [0.5, 0.6) is 0 Å². The summed E-state index contributed by atoms with van der Waals surface area (Å²) >= 11 is 1.20. The zero-order valence-electron chi connectivity index (χ0n) is 14.9. The topological polar surface area (TPSA) is 129 Å². The van der Waals surface area contributed by atoms with Gasteiger partial charge in [-0.25, -0.2) is 0 Å². The minimum Gasteiger partial charge on any atom is -0.380 e. The third-order valence-electron chi connectivity index (χ3n) is 4.03. The number of non-ortho nitro benzene ring substituents is 1. The van der Waals surface area contributed by atoms with E-state index < -0.39 is 16.8 Å². The van der Waals surface area contributed by atoms with Crippen molar-refractivity contribution in [3.63, 3.8) is 0 Å². The second kappa shape index (κ2) is 9.03. The lowest BCUT2D eigenvalue weighted by Gasteiger charge is -2.15. The third-order valence-corrected chi connectivity index (χ3v) is 5.12. The zero-order valence-corrected chi connectivity index (χ0v) is 15.7. The number of nitro benzene ring substituents is 1. The lowest BCUT2D eigenvalue weighted by atomic mass is 10.00. The SMILES string of the molecule is [N-]=[N+]=Nc1ccc(C(O)C(=O)c2ccccc2)c(Sc2ccc([N+](=O)[O-])cc2)c1. The van der Waals surface area contributed by atoms with E-state index in [0.29, 0.717) is 26.6 Å². The summed E-state index contributed by atoms with van der Waals surface area (Å²) in [5.74, 6) is -0.465. The summed E-state index contributed by atoms with van der Waals surface area (Å²) < 4.78 is 0. The minimum atomic E-state index is -1.42. The second-order valence-corrected chi connectivity index (χ2v) is 7.01. The van der Waals surface area contributed by atoms with Crippen molar-refractivity contribution in [2.75, 3.05) is 0 Å². The van der Waals surface area contributed by atoms with Crippen molar-refractivity contribution < 1.29 is 14.8 Å². The van der Waals surface area contributed by atoms with Gasteiger partial charge in [-0.3, -0.25) is 14.9 Å². The molecule has 144 valence electrons. The summed E-state index contributed by atoms with van der Waals surface area (Å²) in [6, 6.07) is 18.9. The molecular formula is C20H14N4O4S. The van der Waals surface area contributed by atoms with Gasteiger partial charge < -0.3 is 5.11 Å². The molecule has 3 rings (SSSR count). The summed E-state index contributed by atoms with van der Waals surface area (Å²) in [4.78, 5) is 26.9. The van der Waals surface area contributed by atoms with E-state index in [9.17, 15) is 20.0 Å². The molecule has 8 nitrogen and oxygen atoms in total. The van der Waals surface area contributed by atoms with Crippen molar-refractivity contribution in [1.29, 1.82) is 0 Å². The Morgan fingerprint density at radius 2 is 1.79 bits per heavy atom. The van der Waals surface area contributed by atoms with Crippen molar-refractivity contribution in [1.82, 2.24) is 0 Å². The monoisotopic (exact) mass is 406 g/mol. The number of rotatable bonds is 7. The van der Waals surface area contributed by atoms with Crippen molar-refractivity contribution in [3.8, 4) is 0 Å². The van der Waals surface area contributed by atoms with E-state index in [-0.39, 0.29) is 5.69 Å². The van der Waals surface area contributed by atoms with E-state index in [2.05, 4.69) is 10.0 Å². The van der Waals surface area contributed by atoms with Gasteiger partial charge >= 0.3 is 0 Å². The molecule has 1 atom stereocenters. The Labute approximate surface area is 169 Å². The summed E-state index contributed by atoms with van der Waals surface area (Å²) in [5.41, 5.74) is 9.67. The summed E-state index contributed by atoms with van der Waals surface area (Å²) in [6.07, 6.45) is -1.42. The smallest absolute Gasteiger partial charge is 0.269 e. The van der Waals surface area contributed by atoms with Crippen LogP contribution in [-0.2, 0) is 0 Å². The van der Waals surface area contributed by atoms with Gasteiger partial charge in [0.25, 0.3) is 5.69 Å². The fourth-order valence-electron chi connectivity index (χ4n) is 2.62. The van der Waals surface area contributed by atoms with Crippen LogP contribution in [0.1, 0.15) is 22.0 Å². The van der Waals surface area contributed by atoms with Gasteiger partial charge in [-0.1, -0.05) is 59.3 Å². The van der Waals surface area contributed by atoms with Gasteiger partial charge in [-0.2, -0.15) is 0 Å². The molecule has 0 amide bonds.